The Labute approximate surface area is 137 Å². The molecule has 1 aromatic rings. The van der Waals surface area contributed by atoms with E-state index in [1.54, 1.807) is 0 Å². The second-order valence-electron chi connectivity index (χ2n) is 8.40. The molecular formula is C18H26N4O. The van der Waals surface area contributed by atoms with Crippen LogP contribution in [0.25, 0.3) is 0 Å². The van der Waals surface area contributed by atoms with E-state index >= 15 is 0 Å². The lowest BCUT2D eigenvalue weighted by Gasteiger charge is -2.42. The fourth-order valence-corrected chi connectivity index (χ4v) is 4.80. The molecule has 0 aromatic carbocycles. The molecule has 4 aliphatic rings. The standard InChI is InChI=1S/C18H26N4O/c23-17(14-3-1-4-14)21-10-15(18(11-21)7-2-8-18)16-20-19-12-22(16)9-13-5-6-13/h12-15H,1-11H2. The topological polar surface area (TPSA) is 51.0 Å². The highest BCUT2D eigenvalue weighted by Crippen LogP contribution is 2.56. The molecule has 4 fully saturated rings. The van der Waals surface area contributed by atoms with Gasteiger partial charge in [0.25, 0.3) is 0 Å². The zero-order chi connectivity index (χ0) is 15.4. The average Bonchev–Trinajstić information content (AvgIpc) is 2.97. The van der Waals surface area contributed by atoms with Gasteiger partial charge in [0.1, 0.15) is 12.2 Å². The van der Waals surface area contributed by atoms with Gasteiger partial charge in [-0.1, -0.05) is 12.8 Å². The Balaban J connectivity index is 1.39. The summed E-state index contributed by atoms with van der Waals surface area (Å²) in [5.41, 5.74) is 0.299. The van der Waals surface area contributed by atoms with Crippen molar-refractivity contribution in [2.75, 3.05) is 13.1 Å². The van der Waals surface area contributed by atoms with Crippen LogP contribution in [0.15, 0.2) is 6.33 Å². The number of nitrogens with zero attached hydrogens (tertiary/aromatic N) is 4. The number of likely N-dealkylation sites (tertiary alicyclic amines) is 1. The summed E-state index contributed by atoms with van der Waals surface area (Å²) in [6.45, 7) is 2.91. The zero-order valence-corrected chi connectivity index (χ0v) is 13.8. The van der Waals surface area contributed by atoms with Crippen LogP contribution in [0, 0.1) is 17.3 Å². The molecule has 124 valence electrons. The second kappa shape index (κ2) is 5.05. The lowest BCUT2D eigenvalue weighted by molar-refractivity contribution is -0.137. The van der Waals surface area contributed by atoms with Crippen LogP contribution in [0.1, 0.15) is 63.1 Å². The molecule has 0 radical (unpaired) electrons. The molecule has 3 saturated carbocycles. The van der Waals surface area contributed by atoms with E-state index in [2.05, 4.69) is 19.7 Å². The van der Waals surface area contributed by atoms with Gasteiger partial charge in [-0.15, -0.1) is 10.2 Å². The van der Waals surface area contributed by atoms with Crippen LogP contribution in [0.4, 0.5) is 0 Å². The normalized spacial score (nSPS) is 29.6. The summed E-state index contributed by atoms with van der Waals surface area (Å²) >= 11 is 0. The molecule has 0 bridgehead atoms. The number of aromatic nitrogens is 3. The zero-order valence-electron chi connectivity index (χ0n) is 13.8. The van der Waals surface area contributed by atoms with Crippen LogP contribution in [-0.4, -0.2) is 38.7 Å². The number of rotatable bonds is 4. The van der Waals surface area contributed by atoms with Crippen molar-refractivity contribution >= 4 is 5.91 Å². The molecule has 5 heteroatoms. The highest BCUT2D eigenvalue weighted by atomic mass is 16.2. The van der Waals surface area contributed by atoms with Gasteiger partial charge in [0.15, 0.2) is 0 Å². The fourth-order valence-electron chi connectivity index (χ4n) is 4.80. The Kier molecular flexibility index (Phi) is 3.07. The first-order valence-corrected chi connectivity index (χ1v) is 9.42. The number of carbonyl (C=O) groups is 1. The molecule has 1 aromatic heterocycles. The third kappa shape index (κ3) is 2.23. The minimum atomic E-state index is 0.299. The molecule has 1 amide bonds. The van der Waals surface area contributed by atoms with Gasteiger partial charge in [-0.05, 0) is 49.9 Å². The van der Waals surface area contributed by atoms with Gasteiger partial charge in [0, 0.05) is 31.5 Å². The van der Waals surface area contributed by atoms with Gasteiger partial charge in [-0.25, -0.2) is 0 Å². The molecule has 1 aliphatic heterocycles. The first-order valence-electron chi connectivity index (χ1n) is 9.42. The Morgan fingerprint density at radius 1 is 1.22 bits per heavy atom. The van der Waals surface area contributed by atoms with Crippen LogP contribution in [0.3, 0.4) is 0 Å². The maximum absolute atomic E-state index is 12.7. The first kappa shape index (κ1) is 14.0. The van der Waals surface area contributed by atoms with E-state index < -0.39 is 0 Å². The van der Waals surface area contributed by atoms with Crippen molar-refractivity contribution in [1.82, 2.24) is 19.7 Å². The molecule has 2 heterocycles. The van der Waals surface area contributed by atoms with Gasteiger partial charge in [0.2, 0.25) is 5.91 Å². The van der Waals surface area contributed by atoms with Crippen molar-refractivity contribution in [1.29, 1.82) is 0 Å². The monoisotopic (exact) mass is 314 g/mol. The number of amides is 1. The molecule has 23 heavy (non-hydrogen) atoms. The second-order valence-corrected chi connectivity index (χ2v) is 8.40. The highest BCUT2D eigenvalue weighted by Gasteiger charge is 2.54. The Morgan fingerprint density at radius 3 is 2.65 bits per heavy atom. The smallest absolute Gasteiger partial charge is 0.225 e. The van der Waals surface area contributed by atoms with Gasteiger partial charge < -0.3 is 9.47 Å². The number of hydrogen-bond acceptors (Lipinski definition) is 3. The van der Waals surface area contributed by atoms with Crippen molar-refractivity contribution < 1.29 is 4.79 Å². The largest absolute Gasteiger partial charge is 0.341 e. The van der Waals surface area contributed by atoms with Crippen LogP contribution in [0.2, 0.25) is 0 Å². The SMILES string of the molecule is O=C(C1CCC1)N1CC(c2nncn2CC2CC2)C2(CCC2)C1. The maximum Gasteiger partial charge on any atom is 0.225 e. The average molecular weight is 314 g/mol. The van der Waals surface area contributed by atoms with E-state index in [1.807, 2.05) is 6.33 Å². The minimum Gasteiger partial charge on any atom is -0.341 e. The Morgan fingerprint density at radius 2 is 2.04 bits per heavy atom. The number of carbonyl (C=O) groups excluding carboxylic acids is 1. The van der Waals surface area contributed by atoms with Crippen molar-refractivity contribution in [3.63, 3.8) is 0 Å². The van der Waals surface area contributed by atoms with Gasteiger partial charge in [0.05, 0.1) is 0 Å². The summed E-state index contributed by atoms with van der Waals surface area (Å²) in [6.07, 6.45) is 11.9. The summed E-state index contributed by atoms with van der Waals surface area (Å²) in [6, 6.07) is 0. The van der Waals surface area contributed by atoms with Gasteiger partial charge in [-0.2, -0.15) is 0 Å². The van der Waals surface area contributed by atoms with Crippen LogP contribution in [-0.2, 0) is 11.3 Å². The van der Waals surface area contributed by atoms with E-state index in [-0.39, 0.29) is 0 Å². The maximum atomic E-state index is 12.7. The molecule has 3 aliphatic carbocycles. The summed E-state index contributed by atoms with van der Waals surface area (Å²) in [4.78, 5) is 14.9. The predicted molar refractivity (Wildman–Crippen MR) is 85.7 cm³/mol. The molecule has 0 N–H and O–H groups in total. The van der Waals surface area contributed by atoms with Crippen molar-refractivity contribution in [3.05, 3.63) is 12.2 Å². The molecule has 5 nitrogen and oxygen atoms in total. The minimum absolute atomic E-state index is 0.299. The van der Waals surface area contributed by atoms with Crippen molar-refractivity contribution in [2.24, 2.45) is 17.3 Å². The van der Waals surface area contributed by atoms with Gasteiger partial charge >= 0.3 is 0 Å². The van der Waals surface area contributed by atoms with Gasteiger partial charge in [-0.3, -0.25) is 4.79 Å². The third-order valence-corrected chi connectivity index (χ3v) is 6.87. The lowest BCUT2D eigenvalue weighted by atomic mass is 9.62. The summed E-state index contributed by atoms with van der Waals surface area (Å²) in [7, 11) is 0. The Hall–Kier alpha value is -1.39. The van der Waals surface area contributed by atoms with Crippen molar-refractivity contribution in [3.8, 4) is 0 Å². The van der Waals surface area contributed by atoms with E-state index in [0.717, 1.165) is 44.2 Å². The fraction of sp³-hybridized carbons (Fsp3) is 0.833. The summed E-state index contributed by atoms with van der Waals surface area (Å²) < 4.78 is 2.29. The molecule has 1 saturated heterocycles. The van der Waals surface area contributed by atoms with Crippen LogP contribution < -0.4 is 0 Å². The van der Waals surface area contributed by atoms with Crippen molar-refractivity contribution in [2.45, 2.75) is 63.8 Å². The highest BCUT2D eigenvalue weighted by molar-refractivity contribution is 5.80. The van der Waals surface area contributed by atoms with E-state index in [1.165, 1.54) is 38.5 Å². The molecule has 1 unspecified atom stereocenters. The lowest BCUT2D eigenvalue weighted by Crippen LogP contribution is -2.41. The van der Waals surface area contributed by atoms with E-state index in [0.29, 0.717) is 23.2 Å². The van der Waals surface area contributed by atoms with Crippen LogP contribution >= 0.6 is 0 Å². The molecular weight excluding hydrogens is 288 g/mol. The predicted octanol–water partition coefficient (Wildman–Crippen LogP) is 2.58. The molecule has 5 rings (SSSR count). The van der Waals surface area contributed by atoms with E-state index in [4.69, 9.17) is 0 Å². The summed E-state index contributed by atoms with van der Waals surface area (Å²) in [5, 5.41) is 8.72. The number of hydrogen-bond donors (Lipinski definition) is 0. The first-order chi connectivity index (χ1) is 11.3. The molecule has 1 atom stereocenters. The third-order valence-electron chi connectivity index (χ3n) is 6.87. The molecule has 1 spiro atoms. The van der Waals surface area contributed by atoms with E-state index in [9.17, 15) is 4.79 Å². The Bertz CT molecular complexity index is 612. The quantitative estimate of drug-likeness (QED) is 0.858. The van der Waals surface area contributed by atoms with Crippen LogP contribution in [0.5, 0.6) is 0 Å². The summed E-state index contributed by atoms with van der Waals surface area (Å²) in [5.74, 6) is 3.12.